The maximum atomic E-state index is 12.1. The van der Waals surface area contributed by atoms with E-state index in [2.05, 4.69) is 10.3 Å². The molecule has 1 aliphatic rings. The summed E-state index contributed by atoms with van der Waals surface area (Å²) in [7, 11) is 0. The van der Waals surface area contributed by atoms with E-state index in [1.807, 2.05) is 0 Å². The van der Waals surface area contributed by atoms with Crippen LogP contribution < -0.4 is 5.32 Å². The average molecular weight is 262 g/mol. The van der Waals surface area contributed by atoms with Gasteiger partial charge in [0.25, 0.3) is 5.91 Å². The van der Waals surface area contributed by atoms with Crippen LogP contribution in [0.3, 0.4) is 0 Å². The molecule has 2 N–H and O–H groups in total. The third kappa shape index (κ3) is 4.03. The highest BCUT2D eigenvalue weighted by Crippen LogP contribution is 2.25. The first-order valence-electron chi connectivity index (χ1n) is 7.13. The van der Waals surface area contributed by atoms with E-state index in [4.69, 9.17) is 0 Å². The lowest BCUT2D eigenvalue weighted by Crippen LogP contribution is -2.42. The number of pyridine rings is 1. The molecule has 0 unspecified atom stereocenters. The van der Waals surface area contributed by atoms with Crippen molar-refractivity contribution in [2.45, 2.75) is 44.6 Å². The smallest absolute Gasteiger partial charge is 0.253 e. The number of hydrogen-bond donors (Lipinski definition) is 2. The van der Waals surface area contributed by atoms with Gasteiger partial charge in [0.15, 0.2) is 0 Å². The van der Waals surface area contributed by atoms with Gasteiger partial charge in [0.1, 0.15) is 0 Å². The molecule has 1 aromatic rings. The standard InChI is InChI=1S/C15H22N2O2/c18-11-14(12-6-3-1-2-4-7-12)17-15(19)13-8-5-9-16-10-13/h5,8-10,12,14,18H,1-4,6-7,11H2,(H,17,19)/t14-/m1/s1. The third-order valence-electron chi connectivity index (χ3n) is 3.91. The first-order valence-corrected chi connectivity index (χ1v) is 7.13. The highest BCUT2D eigenvalue weighted by molar-refractivity contribution is 5.94. The normalized spacial score (nSPS) is 18.6. The van der Waals surface area contributed by atoms with Gasteiger partial charge in [-0.15, -0.1) is 0 Å². The van der Waals surface area contributed by atoms with Crippen LogP contribution in [-0.4, -0.2) is 28.6 Å². The fraction of sp³-hybridized carbons (Fsp3) is 0.600. The van der Waals surface area contributed by atoms with Gasteiger partial charge >= 0.3 is 0 Å². The van der Waals surface area contributed by atoms with Crippen molar-refractivity contribution in [2.24, 2.45) is 5.92 Å². The number of carbonyl (C=O) groups is 1. The number of aliphatic hydroxyl groups is 1. The van der Waals surface area contributed by atoms with Gasteiger partial charge < -0.3 is 10.4 Å². The SMILES string of the molecule is O=C(N[C@H](CO)C1CCCCCC1)c1cccnc1. The van der Waals surface area contributed by atoms with Crippen molar-refractivity contribution in [1.29, 1.82) is 0 Å². The van der Waals surface area contributed by atoms with Gasteiger partial charge in [-0.1, -0.05) is 25.7 Å². The molecule has 1 aliphatic carbocycles. The predicted molar refractivity (Wildman–Crippen MR) is 73.8 cm³/mol. The van der Waals surface area contributed by atoms with Gasteiger partial charge in [-0.25, -0.2) is 0 Å². The second kappa shape index (κ2) is 7.24. The molecule has 4 nitrogen and oxygen atoms in total. The minimum absolute atomic E-state index is 0.0106. The summed E-state index contributed by atoms with van der Waals surface area (Å²) in [6, 6.07) is 3.35. The summed E-state index contributed by atoms with van der Waals surface area (Å²) in [5.41, 5.74) is 0.551. The van der Waals surface area contributed by atoms with Crippen molar-refractivity contribution >= 4 is 5.91 Å². The summed E-state index contributed by atoms with van der Waals surface area (Å²) in [6.45, 7) is 0.0106. The summed E-state index contributed by atoms with van der Waals surface area (Å²) >= 11 is 0. The van der Waals surface area contributed by atoms with Crippen LogP contribution >= 0.6 is 0 Å². The Bertz CT molecular complexity index is 386. The molecule has 1 heterocycles. The first kappa shape index (κ1) is 14.0. The molecule has 19 heavy (non-hydrogen) atoms. The maximum absolute atomic E-state index is 12.1. The van der Waals surface area contributed by atoms with Gasteiger partial charge in [0, 0.05) is 12.4 Å². The molecule has 1 amide bonds. The Morgan fingerprint density at radius 1 is 1.37 bits per heavy atom. The van der Waals surface area contributed by atoms with Crippen molar-refractivity contribution in [2.75, 3.05) is 6.61 Å². The summed E-state index contributed by atoms with van der Waals surface area (Å²) in [5, 5.41) is 12.5. The minimum Gasteiger partial charge on any atom is -0.394 e. The van der Waals surface area contributed by atoms with Gasteiger partial charge in [0.2, 0.25) is 0 Å². The zero-order valence-corrected chi connectivity index (χ0v) is 11.2. The zero-order chi connectivity index (χ0) is 13.5. The molecule has 0 aromatic carbocycles. The van der Waals surface area contributed by atoms with Gasteiger partial charge in [0.05, 0.1) is 18.2 Å². The van der Waals surface area contributed by atoms with E-state index in [0.29, 0.717) is 11.5 Å². The minimum atomic E-state index is -0.142. The number of carbonyl (C=O) groups excluding carboxylic acids is 1. The molecule has 2 rings (SSSR count). The topological polar surface area (TPSA) is 62.2 Å². The fourth-order valence-corrected chi connectivity index (χ4v) is 2.77. The number of rotatable bonds is 4. The number of nitrogens with one attached hydrogen (secondary N) is 1. The highest BCUT2D eigenvalue weighted by atomic mass is 16.3. The zero-order valence-electron chi connectivity index (χ0n) is 11.2. The van der Waals surface area contributed by atoms with E-state index in [1.54, 1.807) is 24.5 Å². The molecular formula is C15H22N2O2. The van der Waals surface area contributed by atoms with Crippen LogP contribution in [0.25, 0.3) is 0 Å². The third-order valence-corrected chi connectivity index (χ3v) is 3.91. The van der Waals surface area contributed by atoms with Crippen molar-refractivity contribution in [1.82, 2.24) is 10.3 Å². The molecule has 0 spiro atoms. The summed E-state index contributed by atoms with van der Waals surface area (Å²) < 4.78 is 0. The van der Waals surface area contributed by atoms with E-state index in [1.165, 1.54) is 25.7 Å². The summed E-state index contributed by atoms with van der Waals surface area (Å²) in [5.74, 6) is 0.254. The van der Waals surface area contributed by atoms with E-state index in [-0.39, 0.29) is 18.6 Å². The molecular weight excluding hydrogens is 240 g/mol. The number of aromatic nitrogens is 1. The van der Waals surface area contributed by atoms with Crippen LogP contribution in [0, 0.1) is 5.92 Å². The van der Waals surface area contributed by atoms with Gasteiger partial charge in [-0.05, 0) is 30.9 Å². The quantitative estimate of drug-likeness (QED) is 0.817. The molecule has 4 heteroatoms. The first-order chi connectivity index (χ1) is 9.31. The van der Waals surface area contributed by atoms with E-state index in [0.717, 1.165) is 12.8 Å². The maximum Gasteiger partial charge on any atom is 0.253 e. The van der Waals surface area contributed by atoms with Crippen molar-refractivity contribution in [3.05, 3.63) is 30.1 Å². The molecule has 1 atom stereocenters. The monoisotopic (exact) mass is 262 g/mol. The number of amides is 1. The molecule has 1 saturated carbocycles. The summed E-state index contributed by atoms with van der Waals surface area (Å²) in [6.07, 6.45) is 10.3. The van der Waals surface area contributed by atoms with Crippen molar-refractivity contribution in [3.63, 3.8) is 0 Å². The fourth-order valence-electron chi connectivity index (χ4n) is 2.77. The Balaban J connectivity index is 1.96. The Morgan fingerprint density at radius 3 is 2.68 bits per heavy atom. The molecule has 1 fully saturated rings. The molecule has 0 aliphatic heterocycles. The van der Waals surface area contributed by atoms with E-state index >= 15 is 0 Å². The molecule has 104 valence electrons. The van der Waals surface area contributed by atoms with Crippen LogP contribution in [0.1, 0.15) is 48.9 Å². The summed E-state index contributed by atoms with van der Waals surface area (Å²) in [4.78, 5) is 16.0. The molecule has 1 aromatic heterocycles. The second-order valence-corrected chi connectivity index (χ2v) is 5.26. The van der Waals surface area contributed by atoms with Crippen LogP contribution in [0.5, 0.6) is 0 Å². The number of nitrogens with zero attached hydrogens (tertiary/aromatic N) is 1. The van der Waals surface area contributed by atoms with Crippen LogP contribution in [-0.2, 0) is 0 Å². The predicted octanol–water partition coefficient (Wildman–Crippen LogP) is 2.14. The molecule has 0 saturated heterocycles. The lowest BCUT2D eigenvalue weighted by Gasteiger charge is -2.25. The van der Waals surface area contributed by atoms with E-state index in [9.17, 15) is 9.90 Å². The Morgan fingerprint density at radius 2 is 2.11 bits per heavy atom. The Kier molecular flexibility index (Phi) is 5.33. The Labute approximate surface area is 114 Å². The van der Waals surface area contributed by atoms with E-state index < -0.39 is 0 Å². The number of aliphatic hydroxyl groups excluding tert-OH is 1. The Hall–Kier alpha value is -1.42. The largest absolute Gasteiger partial charge is 0.394 e. The van der Waals surface area contributed by atoms with Gasteiger partial charge in [-0.3, -0.25) is 9.78 Å². The average Bonchev–Trinajstić information content (AvgIpc) is 2.74. The molecule has 0 bridgehead atoms. The van der Waals surface area contributed by atoms with Crippen molar-refractivity contribution < 1.29 is 9.90 Å². The lowest BCUT2D eigenvalue weighted by molar-refractivity contribution is 0.0881. The number of hydrogen-bond acceptors (Lipinski definition) is 3. The van der Waals surface area contributed by atoms with Gasteiger partial charge in [-0.2, -0.15) is 0 Å². The van der Waals surface area contributed by atoms with Crippen LogP contribution in [0.4, 0.5) is 0 Å². The molecule has 0 radical (unpaired) electrons. The van der Waals surface area contributed by atoms with Crippen LogP contribution in [0.2, 0.25) is 0 Å². The second-order valence-electron chi connectivity index (χ2n) is 5.26. The van der Waals surface area contributed by atoms with Crippen LogP contribution in [0.15, 0.2) is 24.5 Å². The lowest BCUT2D eigenvalue weighted by atomic mass is 9.92. The highest BCUT2D eigenvalue weighted by Gasteiger charge is 2.24. The van der Waals surface area contributed by atoms with Crippen molar-refractivity contribution in [3.8, 4) is 0 Å².